The monoisotopic (exact) mass is 233 g/mol. The lowest BCUT2D eigenvalue weighted by atomic mass is 10.2. The van der Waals surface area contributed by atoms with Gasteiger partial charge in [0.25, 0.3) is 0 Å². The molecule has 2 aromatic rings. The van der Waals surface area contributed by atoms with Gasteiger partial charge >= 0.3 is 0 Å². The molecule has 0 amide bonds. The second-order valence-corrected chi connectivity index (χ2v) is 4.61. The highest BCUT2D eigenvalue weighted by molar-refractivity contribution is 7.11. The maximum Gasteiger partial charge on any atom is 0.153 e. The highest BCUT2D eigenvalue weighted by atomic mass is 32.1. The summed E-state index contributed by atoms with van der Waals surface area (Å²) in [6.07, 6.45) is 2.59. The third kappa shape index (κ3) is 2.46. The molecule has 2 rings (SSSR count). The molecule has 1 aromatic heterocycles. The van der Waals surface area contributed by atoms with Crippen molar-refractivity contribution < 1.29 is 9.53 Å². The van der Waals surface area contributed by atoms with E-state index in [-0.39, 0.29) is 0 Å². The third-order valence-corrected chi connectivity index (χ3v) is 2.97. The number of hydrogen-bond donors (Lipinski definition) is 0. The fraction of sp³-hybridized carbons (Fsp3) is 0.167. The molecular weight excluding hydrogens is 222 g/mol. The first kappa shape index (κ1) is 10.8. The Morgan fingerprint density at radius 2 is 2.25 bits per heavy atom. The first-order valence-electron chi connectivity index (χ1n) is 4.88. The Morgan fingerprint density at radius 3 is 2.94 bits per heavy atom. The van der Waals surface area contributed by atoms with E-state index in [2.05, 4.69) is 4.98 Å². The minimum absolute atomic E-state index is 0.455. The largest absolute Gasteiger partial charge is 0.487 e. The number of aromatic nitrogens is 1. The van der Waals surface area contributed by atoms with Crippen LogP contribution in [0.2, 0.25) is 0 Å². The predicted molar refractivity (Wildman–Crippen MR) is 63.0 cm³/mol. The molecule has 0 aliphatic rings. The van der Waals surface area contributed by atoms with Crippen LogP contribution in [0, 0.1) is 6.92 Å². The van der Waals surface area contributed by atoms with Crippen molar-refractivity contribution in [1.29, 1.82) is 0 Å². The van der Waals surface area contributed by atoms with Crippen LogP contribution < -0.4 is 4.74 Å². The van der Waals surface area contributed by atoms with Crippen molar-refractivity contribution in [2.75, 3.05) is 0 Å². The lowest BCUT2D eigenvalue weighted by Gasteiger charge is -2.05. The Kier molecular flexibility index (Phi) is 3.31. The van der Waals surface area contributed by atoms with Crippen molar-refractivity contribution in [2.45, 2.75) is 13.5 Å². The number of carbonyl (C=O) groups excluding carboxylic acids is 1. The summed E-state index contributed by atoms with van der Waals surface area (Å²) in [4.78, 5) is 15.9. The van der Waals surface area contributed by atoms with Gasteiger partial charge in [-0.1, -0.05) is 12.1 Å². The number of hydrogen-bond acceptors (Lipinski definition) is 4. The average molecular weight is 233 g/mol. The Bertz CT molecular complexity index is 493. The summed E-state index contributed by atoms with van der Waals surface area (Å²) in [6, 6.07) is 7.19. The normalized spacial score (nSPS) is 10.1. The zero-order chi connectivity index (χ0) is 11.4. The number of nitrogens with zero attached hydrogens (tertiary/aromatic N) is 1. The second kappa shape index (κ2) is 4.90. The van der Waals surface area contributed by atoms with Crippen LogP contribution in [0.1, 0.15) is 20.2 Å². The summed E-state index contributed by atoms with van der Waals surface area (Å²) >= 11 is 1.60. The molecule has 1 heterocycles. The Balaban J connectivity index is 2.07. The minimum atomic E-state index is 0.455. The number of ether oxygens (including phenoxy) is 1. The van der Waals surface area contributed by atoms with E-state index >= 15 is 0 Å². The van der Waals surface area contributed by atoms with Gasteiger partial charge in [0.2, 0.25) is 0 Å². The molecule has 0 saturated carbocycles. The Morgan fingerprint density at radius 1 is 1.44 bits per heavy atom. The van der Waals surface area contributed by atoms with Gasteiger partial charge in [-0.15, -0.1) is 11.3 Å². The highest BCUT2D eigenvalue weighted by Gasteiger charge is 2.03. The third-order valence-electron chi connectivity index (χ3n) is 2.09. The van der Waals surface area contributed by atoms with Gasteiger partial charge in [0, 0.05) is 6.20 Å². The van der Waals surface area contributed by atoms with Crippen molar-refractivity contribution in [3.8, 4) is 5.75 Å². The molecule has 0 spiro atoms. The van der Waals surface area contributed by atoms with Gasteiger partial charge in [0.1, 0.15) is 12.4 Å². The lowest BCUT2D eigenvalue weighted by Crippen LogP contribution is -1.96. The van der Waals surface area contributed by atoms with E-state index in [1.165, 1.54) is 0 Å². The zero-order valence-electron chi connectivity index (χ0n) is 8.84. The van der Waals surface area contributed by atoms with E-state index in [1.807, 2.05) is 19.1 Å². The molecular formula is C12H11NO2S. The first-order chi connectivity index (χ1) is 7.79. The van der Waals surface area contributed by atoms with Gasteiger partial charge in [0.05, 0.1) is 15.4 Å². The zero-order valence-corrected chi connectivity index (χ0v) is 9.66. The highest BCUT2D eigenvalue weighted by Crippen LogP contribution is 2.19. The summed E-state index contributed by atoms with van der Waals surface area (Å²) < 4.78 is 5.57. The van der Waals surface area contributed by atoms with E-state index in [4.69, 9.17) is 4.74 Å². The van der Waals surface area contributed by atoms with Crippen LogP contribution in [0.4, 0.5) is 0 Å². The van der Waals surface area contributed by atoms with Crippen LogP contribution >= 0.6 is 11.3 Å². The van der Waals surface area contributed by atoms with Crippen molar-refractivity contribution >= 4 is 17.6 Å². The summed E-state index contributed by atoms with van der Waals surface area (Å²) in [5.74, 6) is 0.614. The topological polar surface area (TPSA) is 39.2 Å². The maximum absolute atomic E-state index is 10.8. The molecule has 0 radical (unpaired) electrons. The molecule has 0 atom stereocenters. The molecule has 0 aliphatic carbocycles. The summed E-state index contributed by atoms with van der Waals surface area (Å²) in [7, 11) is 0. The molecule has 4 heteroatoms. The molecule has 3 nitrogen and oxygen atoms in total. The van der Waals surface area contributed by atoms with Crippen molar-refractivity contribution in [2.24, 2.45) is 0 Å². The van der Waals surface area contributed by atoms with Crippen LogP contribution in [0.3, 0.4) is 0 Å². The second-order valence-electron chi connectivity index (χ2n) is 3.29. The summed E-state index contributed by atoms with van der Waals surface area (Å²) in [6.45, 7) is 2.41. The number of aryl methyl sites for hydroxylation is 1. The SMILES string of the molecule is Cc1ncc(COc2ccccc2C=O)s1. The van der Waals surface area contributed by atoms with Gasteiger partial charge < -0.3 is 4.74 Å². The minimum Gasteiger partial charge on any atom is -0.487 e. The van der Waals surface area contributed by atoms with Crippen LogP contribution in [0.5, 0.6) is 5.75 Å². The Hall–Kier alpha value is -1.68. The number of aldehydes is 1. The van der Waals surface area contributed by atoms with Gasteiger partial charge in [-0.2, -0.15) is 0 Å². The van der Waals surface area contributed by atoms with E-state index in [0.717, 1.165) is 16.2 Å². The lowest BCUT2D eigenvalue weighted by molar-refractivity contribution is 0.111. The maximum atomic E-state index is 10.8. The van der Waals surface area contributed by atoms with Gasteiger partial charge in [-0.25, -0.2) is 4.98 Å². The number of thiazole rings is 1. The fourth-order valence-electron chi connectivity index (χ4n) is 1.33. The van der Waals surface area contributed by atoms with Crippen molar-refractivity contribution in [3.05, 3.63) is 45.9 Å². The number of rotatable bonds is 4. The van der Waals surface area contributed by atoms with Crippen molar-refractivity contribution in [3.63, 3.8) is 0 Å². The van der Waals surface area contributed by atoms with E-state index in [1.54, 1.807) is 29.7 Å². The molecule has 0 aliphatic heterocycles. The smallest absolute Gasteiger partial charge is 0.153 e. The van der Waals surface area contributed by atoms with Gasteiger partial charge in [-0.05, 0) is 19.1 Å². The summed E-state index contributed by atoms with van der Waals surface area (Å²) in [5.41, 5.74) is 0.573. The fourth-order valence-corrected chi connectivity index (χ4v) is 2.04. The van der Waals surface area contributed by atoms with Crippen LogP contribution in [0.25, 0.3) is 0 Å². The molecule has 82 valence electrons. The molecule has 0 fully saturated rings. The van der Waals surface area contributed by atoms with E-state index < -0.39 is 0 Å². The number of carbonyl (C=O) groups is 1. The quantitative estimate of drug-likeness (QED) is 0.762. The van der Waals surface area contributed by atoms with Gasteiger partial charge in [0.15, 0.2) is 6.29 Å². The molecule has 0 N–H and O–H groups in total. The molecule has 0 unspecified atom stereocenters. The van der Waals surface area contributed by atoms with Crippen LogP contribution in [-0.2, 0) is 6.61 Å². The first-order valence-corrected chi connectivity index (χ1v) is 5.69. The average Bonchev–Trinajstić information content (AvgIpc) is 2.73. The summed E-state index contributed by atoms with van der Waals surface area (Å²) in [5, 5.41) is 1.02. The number of para-hydroxylation sites is 1. The Labute approximate surface area is 97.7 Å². The number of benzene rings is 1. The molecule has 0 saturated heterocycles. The van der Waals surface area contributed by atoms with Crippen LogP contribution in [0.15, 0.2) is 30.5 Å². The molecule has 0 bridgehead atoms. The molecule has 16 heavy (non-hydrogen) atoms. The predicted octanol–water partition coefficient (Wildman–Crippen LogP) is 2.84. The van der Waals surface area contributed by atoms with Crippen molar-refractivity contribution in [1.82, 2.24) is 4.98 Å². The van der Waals surface area contributed by atoms with Crippen LogP contribution in [-0.4, -0.2) is 11.3 Å². The standard InChI is InChI=1S/C12H11NO2S/c1-9-13-6-11(16-9)8-15-12-5-3-2-4-10(12)7-14/h2-7H,8H2,1H3. The van der Waals surface area contributed by atoms with Gasteiger partial charge in [-0.3, -0.25) is 4.79 Å². The van der Waals surface area contributed by atoms with E-state index in [0.29, 0.717) is 17.9 Å². The molecule has 1 aromatic carbocycles. The van der Waals surface area contributed by atoms with E-state index in [9.17, 15) is 4.79 Å².